The maximum atomic E-state index is 12.6. The molecule has 2 heterocycles. The number of ether oxygens (including phenoxy) is 2. The second-order valence-corrected chi connectivity index (χ2v) is 9.34. The Hall–Kier alpha value is -3.11. The first-order valence-corrected chi connectivity index (χ1v) is 12.0. The second-order valence-electron chi connectivity index (χ2n) is 7.17. The Morgan fingerprint density at radius 3 is 2.70 bits per heavy atom. The lowest BCUT2D eigenvalue weighted by atomic mass is 10.1. The molecule has 0 unspecified atom stereocenters. The Kier molecular flexibility index (Phi) is 8.29. The van der Waals surface area contributed by atoms with Gasteiger partial charge in [0.25, 0.3) is 0 Å². The third-order valence-corrected chi connectivity index (χ3v) is 7.01. The lowest BCUT2D eigenvalue weighted by molar-refractivity contribution is -0.113. The van der Waals surface area contributed by atoms with Gasteiger partial charge in [-0.25, -0.2) is 4.79 Å². The molecule has 174 valence electrons. The molecule has 0 aliphatic heterocycles. The fourth-order valence-electron chi connectivity index (χ4n) is 3.06. The summed E-state index contributed by atoms with van der Waals surface area (Å²) in [5, 5.41) is 12.4. The van der Waals surface area contributed by atoms with E-state index < -0.39 is 5.97 Å². The first-order valence-electron chi connectivity index (χ1n) is 10.2. The number of aromatic nitrogens is 3. The smallest absolute Gasteiger partial charge is 0.341 e. The van der Waals surface area contributed by atoms with Gasteiger partial charge in [0, 0.05) is 11.4 Å². The van der Waals surface area contributed by atoms with Gasteiger partial charge in [-0.2, -0.15) is 0 Å². The lowest BCUT2D eigenvalue weighted by Crippen LogP contribution is -2.16. The van der Waals surface area contributed by atoms with Crippen LogP contribution in [0.5, 0.6) is 5.75 Å². The van der Waals surface area contributed by atoms with Gasteiger partial charge in [0.05, 0.1) is 18.4 Å². The number of methoxy groups -OCH3 is 1. The number of hydrogen-bond acceptors (Lipinski definition) is 8. The van der Waals surface area contributed by atoms with Gasteiger partial charge in [-0.05, 0) is 38.0 Å². The van der Waals surface area contributed by atoms with Gasteiger partial charge in [0.2, 0.25) is 5.91 Å². The second kappa shape index (κ2) is 11.2. The Morgan fingerprint density at radius 1 is 1.24 bits per heavy atom. The predicted octanol–water partition coefficient (Wildman–Crippen LogP) is 4.55. The van der Waals surface area contributed by atoms with Gasteiger partial charge in [0.1, 0.15) is 17.4 Å². The first-order chi connectivity index (χ1) is 15.8. The molecule has 33 heavy (non-hydrogen) atoms. The van der Waals surface area contributed by atoms with Crippen molar-refractivity contribution in [3.8, 4) is 5.75 Å². The number of carbonyl (C=O) groups excluding carboxylic acids is 2. The summed E-state index contributed by atoms with van der Waals surface area (Å²) in [5.41, 5.74) is 2.23. The van der Waals surface area contributed by atoms with Gasteiger partial charge in [-0.1, -0.05) is 36.0 Å². The van der Waals surface area contributed by atoms with Crippen molar-refractivity contribution in [1.82, 2.24) is 14.8 Å². The number of benzene rings is 1. The third kappa shape index (κ3) is 5.82. The maximum absolute atomic E-state index is 12.6. The molecule has 0 radical (unpaired) electrons. The van der Waals surface area contributed by atoms with Crippen molar-refractivity contribution in [2.45, 2.75) is 39.1 Å². The van der Waals surface area contributed by atoms with Gasteiger partial charge < -0.3 is 14.8 Å². The topological polar surface area (TPSA) is 95.3 Å². The van der Waals surface area contributed by atoms with Crippen molar-refractivity contribution >= 4 is 40.0 Å². The molecule has 0 bridgehead atoms. The summed E-state index contributed by atoms with van der Waals surface area (Å²) >= 11 is 2.60. The largest absolute Gasteiger partial charge is 0.485 e. The Balaban J connectivity index is 1.67. The average Bonchev–Trinajstić information content (AvgIpc) is 3.31. The molecule has 3 rings (SSSR count). The van der Waals surface area contributed by atoms with Crippen LogP contribution >= 0.6 is 23.1 Å². The highest BCUT2D eigenvalue weighted by Gasteiger charge is 2.22. The van der Waals surface area contributed by atoms with Crippen LogP contribution < -0.4 is 10.1 Å². The zero-order chi connectivity index (χ0) is 24.0. The SMILES string of the molecule is C=CCn1c(COc2ccccc2C)nnc1SCC(=O)Nc1sc(C)c(C)c1C(=O)OC. The highest BCUT2D eigenvalue weighted by Crippen LogP contribution is 2.33. The summed E-state index contributed by atoms with van der Waals surface area (Å²) in [6, 6.07) is 7.75. The molecular formula is C23H26N4O4S2. The molecular weight excluding hydrogens is 460 g/mol. The van der Waals surface area contributed by atoms with Gasteiger partial charge in [-0.3, -0.25) is 9.36 Å². The summed E-state index contributed by atoms with van der Waals surface area (Å²) in [6.07, 6.45) is 1.74. The lowest BCUT2D eigenvalue weighted by Gasteiger charge is -2.10. The van der Waals surface area contributed by atoms with Crippen molar-refractivity contribution < 1.29 is 19.1 Å². The van der Waals surface area contributed by atoms with E-state index in [1.807, 2.05) is 49.6 Å². The van der Waals surface area contributed by atoms with Crippen LogP contribution in [0.15, 0.2) is 42.1 Å². The van der Waals surface area contributed by atoms with Crippen LogP contribution in [-0.2, 0) is 22.7 Å². The number of nitrogens with one attached hydrogen (secondary N) is 1. The fraction of sp³-hybridized carbons (Fsp3) is 0.304. The molecule has 0 saturated carbocycles. The van der Waals surface area contributed by atoms with Crippen molar-refractivity contribution in [2.24, 2.45) is 0 Å². The van der Waals surface area contributed by atoms with Crippen molar-refractivity contribution in [2.75, 3.05) is 18.2 Å². The third-order valence-electron chi connectivity index (χ3n) is 4.92. The molecule has 1 N–H and O–H groups in total. The van der Waals surface area contributed by atoms with Crippen molar-refractivity contribution in [1.29, 1.82) is 0 Å². The number of carbonyl (C=O) groups is 2. The molecule has 0 fully saturated rings. The monoisotopic (exact) mass is 486 g/mol. The van der Waals surface area contributed by atoms with Crippen LogP contribution in [-0.4, -0.2) is 39.5 Å². The predicted molar refractivity (Wildman–Crippen MR) is 130 cm³/mol. The molecule has 8 nitrogen and oxygen atoms in total. The summed E-state index contributed by atoms with van der Waals surface area (Å²) in [7, 11) is 1.32. The van der Waals surface area contributed by atoms with E-state index in [0.29, 0.717) is 28.1 Å². The fourth-order valence-corrected chi connectivity index (χ4v) is 4.89. The van der Waals surface area contributed by atoms with E-state index in [1.165, 1.54) is 30.2 Å². The minimum absolute atomic E-state index is 0.102. The molecule has 0 aliphatic rings. The summed E-state index contributed by atoms with van der Waals surface area (Å²) in [6.45, 7) is 10.2. The summed E-state index contributed by atoms with van der Waals surface area (Å²) in [4.78, 5) is 25.7. The molecule has 3 aromatic rings. The molecule has 1 amide bonds. The van der Waals surface area contributed by atoms with E-state index >= 15 is 0 Å². The van der Waals surface area contributed by atoms with Crippen molar-refractivity contribution in [3.63, 3.8) is 0 Å². The highest BCUT2D eigenvalue weighted by molar-refractivity contribution is 7.99. The van der Waals surface area contributed by atoms with E-state index in [0.717, 1.165) is 21.8 Å². The number of hydrogen-bond donors (Lipinski definition) is 1. The van der Waals surface area contributed by atoms with E-state index in [-0.39, 0.29) is 18.3 Å². The highest BCUT2D eigenvalue weighted by atomic mass is 32.2. The normalized spacial score (nSPS) is 10.7. The summed E-state index contributed by atoms with van der Waals surface area (Å²) in [5.74, 6) is 0.798. The van der Waals surface area contributed by atoms with Crippen LogP contribution in [0.2, 0.25) is 0 Å². The number of rotatable bonds is 10. The zero-order valence-electron chi connectivity index (χ0n) is 19.0. The molecule has 0 atom stereocenters. The van der Waals surface area contributed by atoms with E-state index in [1.54, 1.807) is 6.08 Å². The molecule has 1 aromatic carbocycles. The number of aryl methyl sites for hydroxylation is 2. The number of anilines is 1. The number of para-hydroxylation sites is 1. The number of thioether (sulfide) groups is 1. The number of nitrogens with zero attached hydrogens (tertiary/aromatic N) is 3. The van der Waals surface area contributed by atoms with Gasteiger partial charge in [0.15, 0.2) is 11.0 Å². The summed E-state index contributed by atoms with van der Waals surface area (Å²) < 4.78 is 12.6. The quantitative estimate of drug-likeness (QED) is 0.255. The Morgan fingerprint density at radius 2 is 2.00 bits per heavy atom. The Labute approximate surface area is 201 Å². The molecule has 0 saturated heterocycles. The van der Waals surface area contributed by atoms with E-state index in [4.69, 9.17) is 9.47 Å². The number of esters is 1. The van der Waals surface area contributed by atoms with Crippen LogP contribution in [0, 0.1) is 20.8 Å². The van der Waals surface area contributed by atoms with Crippen molar-refractivity contribution in [3.05, 3.63) is 64.3 Å². The van der Waals surface area contributed by atoms with Crippen LogP contribution in [0.4, 0.5) is 5.00 Å². The molecule has 0 aliphatic carbocycles. The molecule has 0 spiro atoms. The number of amides is 1. The number of allylic oxidation sites excluding steroid dienone is 1. The van der Waals surface area contributed by atoms with Crippen LogP contribution in [0.3, 0.4) is 0 Å². The van der Waals surface area contributed by atoms with Gasteiger partial charge in [-0.15, -0.1) is 28.1 Å². The molecule has 2 aromatic heterocycles. The minimum Gasteiger partial charge on any atom is -0.485 e. The van der Waals surface area contributed by atoms with Crippen LogP contribution in [0.1, 0.15) is 32.2 Å². The minimum atomic E-state index is -0.469. The Bertz CT molecular complexity index is 1170. The maximum Gasteiger partial charge on any atom is 0.341 e. The molecule has 10 heteroatoms. The van der Waals surface area contributed by atoms with E-state index in [9.17, 15) is 9.59 Å². The van der Waals surface area contributed by atoms with Crippen LogP contribution in [0.25, 0.3) is 0 Å². The first kappa shape index (κ1) is 24.5. The van der Waals surface area contributed by atoms with Gasteiger partial charge >= 0.3 is 5.97 Å². The standard InChI is InChI=1S/C23H26N4O4S2/c1-6-11-27-18(12-31-17-10-8-7-9-14(17)2)25-26-23(27)32-13-19(28)24-21-20(22(29)30-5)15(3)16(4)33-21/h6-10H,1,11-13H2,2-5H3,(H,24,28). The number of thiophene rings is 1. The van der Waals surface area contributed by atoms with E-state index in [2.05, 4.69) is 22.1 Å². The zero-order valence-corrected chi connectivity index (χ0v) is 20.6. The average molecular weight is 487 g/mol.